The molecule has 3 rings (SSSR count). The number of aromatic nitrogens is 2. The zero-order chi connectivity index (χ0) is 18.7. The predicted molar refractivity (Wildman–Crippen MR) is 101 cm³/mol. The predicted octanol–water partition coefficient (Wildman–Crippen LogP) is 3.90. The maximum absolute atomic E-state index is 12.3. The number of carbonyl (C=O) groups is 1. The van der Waals surface area contributed by atoms with Crippen molar-refractivity contribution in [1.29, 1.82) is 0 Å². The fourth-order valence-corrected chi connectivity index (χ4v) is 3.21. The number of nitrogens with one attached hydrogen (secondary N) is 1. The third-order valence-electron chi connectivity index (χ3n) is 3.67. The van der Waals surface area contributed by atoms with Crippen LogP contribution in [0.1, 0.15) is 37.4 Å². The average Bonchev–Trinajstić information content (AvgIpc) is 2.98. The van der Waals surface area contributed by atoms with E-state index in [1.807, 2.05) is 52.1 Å². The molecule has 7 nitrogen and oxygen atoms in total. The Morgan fingerprint density at radius 2 is 2.23 bits per heavy atom. The first-order valence-corrected chi connectivity index (χ1v) is 9.38. The molecule has 140 valence electrons. The second-order valence-corrected chi connectivity index (χ2v) is 8.37. The van der Waals surface area contributed by atoms with Gasteiger partial charge in [0, 0.05) is 17.6 Å². The van der Waals surface area contributed by atoms with E-state index in [0.717, 1.165) is 15.7 Å². The number of hydrogen-bond donors (Lipinski definition) is 1. The van der Waals surface area contributed by atoms with Crippen LogP contribution in [-0.2, 0) is 9.47 Å². The number of morpholine rings is 1. The van der Waals surface area contributed by atoms with Gasteiger partial charge in [-0.2, -0.15) is 0 Å². The summed E-state index contributed by atoms with van der Waals surface area (Å²) in [5.41, 5.74) is 0.260. The van der Waals surface area contributed by atoms with Crippen molar-refractivity contribution in [3.8, 4) is 0 Å². The van der Waals surface area contributed by atoms with Crippen molar-refractivity contribution in [2.75, 3.05) is 25.0 Å². The Balaban J connectivity index is 1.68. The van der Waals surface area contributed by atoms with E-state index in [2.05, 4.69) is 15.3 Å². The first-order chi connectivity index (χ1) is 12.3. The van der Waals surface area contributed by atoms with Crippen molar-refractivity contribution in [2.45, 2.75) is 39.4 Å². The molecule has 0 bridgehead atoms. The molecule has 0 spiro atoms. The smallest absolute Gasteiger partial charge is 0.410 e. The van der Waals surface area contributed by atoms with Gasteiger partial charge in [-0.1, -0.05) is 6.07 Å². The third-order valence-corrected chi connectivity index (χ3v) is 4.50. The minimum atomic E-state index is -0.515. The molecule has 1 aliphatic heterocycles. The number of ether oxygens (including phenoxy) is 2. The summed E-state index contributed by atoms with van der Waals surface area (Å²) in [6.07, 6.45) is 1.22. The van der Waals surface area contributed by atoms with Crippen molar-refractivity contribution in [3.05, 3.63) is 35.0 Å². The van der Waals surface area contributed by atoms with E-state index in [9.17, 15) is 4.79 Å². The van der Waals surface area contributed by atoms with E-state index >= 15 is 0 Å². The molecule has 1 amide bonds. The van der Waals surface area contributed by atoms with Crippen molar-refractivity contribution in [1.82, 2.24) is 14.9 Å². The largest absolute Gasteiger partial charge is 0.444 e. The number of aryl methyl sites for hydroxylation is 1. The number of pyridine rings is 1. The Morgan fingerprint density at radius 1 is 1.42 bits per heavy atom. The average molecular weight is 376 g/mol. The summed E-state index contributed by atoms with van der Waals surface area (Å²) in [7, 11) is 0. The second kappa shape index (κ2) is 7.59. The lowest BCUT2D eigenvalue weighted by Crippen LogP contribution is -2.44. The van der Waals surface area contributed by atoms with E-state index in [0.29, 0.717) is 25.5 Å². The van der Waals surface area contributed by atoms with Crippen LogP contribution in [0.15, 0.2) is 24.4 Å². The van der Waals surface area contributed by atoms with E-state index in [4.69, 9.17) is 9.47 Å². The summed E-state index contributed by atoms with van der Waals surface area (Å²) in [6.45, 7) is 8.98. The fraction of sp³-hybridized carbons (Fsp3) is 0.500. The van der Waals surface area contributed by atoms with Crippen LogP contribution in [0.4, 0.5) is 15.7 Å². The first-order valence-electron chi connectivity index (χ1n) is 8.56. The lowest BCUT2D eigenvalue weighted by Gasteiger charge is -2.34. The molecule has 2 aromatic rings. The van der Waals surface area contributed by atoms with Crippen LogP contribution in [0.25, 0.3) is 0 Å². The molecule has 1 atom stereocenters. The van der Waals surface area contributed by atoms with Crippen molar-refractivity contribution in [2.24, 2.45) is 0 Å². The van der Waals surface area contributed by atoms with Gasteiger partial charge in [0.1, 0.15) is 17.5 Å². The summed E-state index contributed by atoms with van der Waals surface area (Å²) < 4.78 is 11.3. The van der Waals surface area contributed by atoms with Crippen LogP contribution in [0.5, 0.6) is 0 Å². The minimum Gasteiger partial charge on any atom is -0.444 e. The van der Waals surface area contributed by atoms with Gasteiger partial charge < -0.3 is 19.7 Å². The van der Waals surface area contributed by atoms with Gasteiger partial charge in [-0.3, -0.25) is 0 Å². The zero-order valence-corrected chi connectivity index (χ0v) is 16.3. The van der Waals surface area contributed by atoms with Gasteiger partial charge in [0.25, 0.3) is 0 Å². The number of rotatable bonds is 3. The topological polar surface area (TPSA) is 76.6 Å². The molecule has 3 heterocycles. The zero-order valence-electron chi connectivity index (χ0n) is 15.5. The monoisotopic (exact) mass is 376 g/mol. The second-order valence-electron chi connectivity index (χ2n) is 7.13. The lowest BCUT2D eigenvalue weighted by molar-refractivity contribution is -0.0446. The SMILES string of the molecule is Cc1cnc(Nc2cccc([C@@H]3CN(C(=O)OC(C)(C)C)CCO3)n2)s1. The van der Waals surface area contributed by atoms with Gasteiger partial charge in [0.15, 0.2) is 5.13 Å². The highest BCUT2D eigenvalue weighted by Crippen LogP contribution is 2.25. The minimum absolute atomic E-state index is 0.281. The highest BCUT2D eigenvalue weighted by molar-refractivity contribution is 7.15. The molecule has 8 heteroatoms. The highest BCUT2D eigenvalue weighted by Gasteiger charge is 2.29. The van der Waals surface area contributed by atoms with Gasteiger partial charge in [-0.15, -0.1) is 11.3 Å². The van der Waals surface area contributed by atoms with Gasteiger partial charge in [-0.25, -0.2) is 14.8 Å². The van der Waals surface area contributed by atoms with Crippen molar-refractivity contribution in [3.63, 3.8) is 0 Å². The molecular formula is C18H24N4O3S. The highest BCUT2D eigenvalue weighted by atomic mass is 32.1. The summed E-state index contributed by atoms with van der Waals surface area (Å²) in [6, 6.07) is 5.71. The standard InChI is InChI=1S/C18H24N4O3S/c1-12-10-19-16(26-12)21-15-7-5-6-13(20-15)14-11-22(8-9-24-14)17(23)25-18(2,3)4/h5-7,10,14H,8-9,11H2,1-4H3,(H,19,20,21)/t14-/m0/s1. The molecule has 0 aromatic carbocycles. The van der Waals surface area contributed by atoms with Crippen molar-refractivity contribution < 1.29 is 14.3 Å². The molecule has 1 saturated heterocycles. The number of nitrogens with zero attached hydrogens (tertiary/aromatic N) is 3. The van der Waals surface area contributed by atoms with Gasteiger partial charge in [-0.05, 0) is 39.8 Å². The molecule has 0 saturated carbocycles. The third kappa shape index (κ3) is 4.92. The maximum Gasteiger partial charge on any atom is 0.410 e. The molecule has 1 fully saturated rings. The van der Waals surface area contributed by atoms with E-state index in [1.165, 1.54) is 0 Å². The molecule has 0 radical (unpaired) electrons. The maximum atomic E-state index is 12.3. The summed E-state index contributed by atoms with van der Waals surface area (Å²) in [5.74, 6) is 0.704. The van der Waals surface area contributed by atoms with E-state index in [1.54, 1.807) is 16.2 Å². The first kappa shape index (κ1) is 18.6. The molecule has 0 aliphatic carbocycles. The van der Waals surface area contributed by atoms with Crippen LogP contribution in [0, 0.1) is 6.92 Å². The van der Waals surface area contributed by atoms with Gasteiger partial charge in [0.05, 0.1) is 18.8 Å². The van der Waals surface area contributed by atoms with E-state index in [-0.39, 0.29) is 12.2 Å². The Morgan fingerprint density at radius 3 is 2.92 bits per heavy atom. The Bertz CT molecular complexity index is 772. The Labute approximate surface area is 157 Å². The molecular weight excluding hydrogens is 352 g/mol. The van der Waals surface area contributed by atoms with Crippen LogP contribution in [0.2, 0.25) is 0 Å². The van der Waals surface area contributed by atoms with E-state index < -0.39 is 5.60 Å². The quantitative estimate of drug-likeness (QED) is 0.875. The summed E-state index contributed by atoms with van der Waals surface area (Å²) in [5, 5.41) is 4.00. The number of carbonyl (C=O) groups excluding carboxylic acids is 1. The van der Waals surface area contributed by atoms with Crippen molar-refractivity contribution >= 4 is 28.4 Å². The number of anilines is 2. The molecule has 1 N–H and O–H groups in total. The van der Waals surface area contributed by atoms with Crippen LogP contribution in [0.3, 0.4) is 0 Å². The number of thiazole rings is 1. The van der Waals surface area contributed by atoms with Crippen LogP contribution >= 0.6 is 11.3 Å². The van der Waals surface area contributed by atoms with Crippen LogP contribution in [-0.4, -0.2) is 46.3 Å². The molecule has 1 aliphatic rings. The Kier molecular flexibility index (Phi) is 5.43. The fourth-order valence-electron chi connectivity index (χ4n) is 2.54. The summed E-state index contributed by atoms with van der Waals surface area (Å²) >= 11 is 1.57. The van der Waals surface area contributed by atoms with Crippen LogP contribution < -0.4 is 5.32 Å². The molecule has 26 heavy (non-hydrogen) atoms. The normalized spacial score (nSPS) is 17.8. The Hall–Kier alpha value is -2.19. The summed E-state index contributed by atoms with van der Waals surface area (Å²) in [4.78, 5) is 24.0. The molecule has 2 aromatic heterocycles. The van der Waals surface area contributed by atoms with Gasteiger partial charge in [0.2, 0.25) is 0 Å². The number of amides is 1. The molecule has 0 unspecified atom stereocenters. The van der Waals surface area contributed by atoms with Gasteiger partial charge >= 0.3 is 6.09 Å². The lowest BCUT2D eigenvalue weighted by atomic mass is 10.2. The number of hydrogen-bond acceptors (Lipinski definition) is 7.